The Morgan fingerprint density at radius 2 is 2.00 bits per heavy atom. The fourth-order valence-electron chi connectivity index (χ4n) is 2.39. The van der Waals surface area contributed by atoms with Gasteiger partial charge in [-0.3, -0.25) is 0 Å². The number of anilines is 2. The van der Waals surface area contributed by atoms with Gasteiger partial charge in [0, 0.05) is 11.7 Å². The molecule has 1 saturated carbocycles. The van der Waals surface area contributed by atoms with Crippen molar-refractivity contribution in [2.24, 2.45) is 0 Å². The van der Waals surface area contributed by atoms with Gasteiger partial charge < -0.3 is 16.2 Å². The van der Waals surface area contributed by atoms with Crippen LogP contribution in [0.3, 0.4) is 0 Å². The van der Waals surface area contributed by atoms with Gasteiger partial charge in [0.2, 0.25) is 0 Å². The van der Waals surface area contributed by atoms with Gasteiger partial charge in [-0.25, -0.2) is 4.79 Å². The number of halogens is 1. The predicted molar refractivity (Wildman–Crippen MR) is 73.3 cm³/mol. The number of carboxylic acids is 1. The minimum atomic E-state index is -1.01. The van der Waals surface area contributed by atoms with E-state index in [0.717, 1.165) is 12.8 Å². The predicted octanol–water partition coefficient (Wildman–Crippen LogP) is 3.37. The van der Waals surface area contributed by atoms with Crippen molar-refractivity contribution in [3.05, 3.63) is 22.7 Å². The molecule has 0 amide bonds. The van der Waals surface area contributed by atoms with E-state index in [4.69, 9.17) is 17.3 Å². The van der Waals surface area contributed by atoms with Gasteiger partial charge in [0.1, 0.15) is 0 Å². The zero-order valence-corrected chi connectivity index (χ0v) is 10.8. The molecule has 18 heavy (non-hydrogen) atoms. The second-order valence-corrected chi connectivity index (χ2v) is 5.12. The van der Waals surface area contributed by atoms with Crippen LogP contribution < -0.4 is 11.1 Å². The second-order valence-electron chi connectivity index (χ2n) is 4.71. The molecule has 4 nitrogen and oxygen atoms in total. The molecule has 1 fully saturated rings. The second kappa shape index (κ2) is 5.48. The normalized spacial score (nSPS) is 16.5. The quantitative estimate of drug-likeness (QED) is 0.735. The number of nitrogens with two attached hydrogens (primary N) is 1. The molecule has 0 aromatic heterocycles. The molecule has 1 aliphatic rings. The van der Waals surface area contributed by atoms with Crippen molar-refractivity contribution in [3.63, 3.8) is 0 Å². The Kier molecular flexibility index (Phi) is 3.97. The molecular weight excluding hydrogens is 252 g/mol. The van der Waals surface area contributed by atoms with Crippen molar-refractivity contribution in [1.82, 2.24) is 0 Å². The summed E-state index contributed by atoms with van der Waals surface area (Å²) in [6.07, 6.45) is 5.71. The van der Waals surface area contributed by atoms with E-state index in [1.807, 2.05) is 0 Å². The number of aromatic carboxylic acids is 1. The molecule has 0 spiro atoms. The minimum absolute atomic E-state index is 0.144. The molecule has 0 heterocycles. The van der Waals surface area contributed by atoms with E-state index in [9.17, 15) is 9.90 Å². The first kappa shape index (κ1) is 13.0. The molecule has 0 saturated heterocycles. The molecule has 0 aliphatic heterocycles. The molecule has 0 unspecified atom stereocenters. The van der Waals surface area contributed by atoms with Gasteiger partial charge >= 0.3 is 5.97 Å². The Morgan fingerprint density at radius 1 is 1.33 bits per heavy atom. The lowest BCUT2D eigenvalue weighted by molar-refractivity contribution is 0.0698. The minimum Gasteiger partial charge on any atom is -0.478 e. The summed E-state index contributed by atoms with van der Waals surface area (Å²) >= 11 is 6.09. The van der Waals surface area contributed by atoms with Crippen LogP contribution >= 0.6 is 11.6 Å². The Labute approximate surface area is 111 Å². The largest absolute Gasteiger partial charge is 0.478 e. The van der Waals surface area contributed by atoms with E-state index < -0.39 is 5.97 Å². The Hall–Kier alpha value is -1.42. The molecular formula is C13H17ClN2O2. The molecule has 0 atom stereocenters. The standard InChI is InChI=1S/C13H17ClN2O2/c14-11-7-8(15)6-10(13(17)18)12(11)16-9-4-2-1-3-5-9/h6-7,9,16H,1-5,15H2,(H,17,18). The van der Waals surface area contributed by atoms with Crippen molar-refractivity contribution >= 4 is 28.9 Å². The van der Waals surface area contributed by atoms with E-state index in [2.05, 4.69) is 5.32 Å². The molecule has 2 rings (SSSR count). The lowest BCUT2D eigenvalue weighted by atomic mass is 9.95. The van der Waals surface area contributed by atoms with Gasteiger partial charge in [0.15, 0.2) is 0 Å². The molecule has 98 valence electrons. The third-order valence-corrected chi connectivity index (χ3v) is 3.59. The van der Waals surface area contributed by atoms with E-state index >= 15 is 0 Å². The van der Waals surface area contributed by atoms with Gasteiger partial charge in [0.05, 0.1) is 16.3 Å². The average molecular weight is 269 g/mol. The first-order valence-electron chi connectivity index (χ1n) is 6.17. The average Bonchev–Trinajstić information content (AvgIpc) is 2.33. The smallest absolute Gasteiger partial charge is 0.337 e. The highest BCUT2D eigenvalue weighted by molar-refractivity contribution is 6.34. The van der Waals surface area contributed by atoms with Crippen molar-refractivity contribution in [1.29, 1.82) is 0 Å². The Balaban J connectivity index is 2.27. The van der Waals surface area contributed by atoms with Crippen LogP contribution in [0, 0.1) is 0 Å². The molecule has 5 heteroatoms. The van der Waals surface area contributed by atoms with Crippen LogP contribution in [0.15, 0.2) is 12.1 Å². The number of hydrogen-bond donors (Lipinski definition) is 3. The number of hydrogen-bond acceptors (Lipinski definition) is 3. The molecule has 0 radical (unpaired) electrons. The maximum Gasteiger partial charge on any atom is 0.337 e. The highest BCUT2D eigenvalue weighted by atomic mass is 35.5. The van der Waals surface area contributed by atoms with E-state index in [1.54, 1.807) is 6.07 Å². The van der Waals surface area contributed by atoms with Crippen LogP contribution in [-0.2, 0) is 0 Å². The van der Waals surface area contributed by atoms with Crippen molar-refractivity contribution in [3.8, 4) is 0 Å². The summed E-state index contributed by atoms with van der Waals surface area (Å²) in [5, 5.41) is 12.8. The van der Waals surface area contributed by atoms with E-state index in [-0.39, 0.29) is 5.56 Å². The summed E-state index contributed by atoms with van der Waals surface area (Å²) in [6.45, 7) is 0. The molecule has 1 aromatic rings. The van der Waals surface area contributed by atoms with Crippen LogP contribution in [0.25, 0.3) is 0 Å². The molecule has 0 bridgehead atoms. The SMILES string of the molecule is Nc1cc(Cl)c(NC2CCCCC2)c(C(=O)O)c1. The summed E-state index contributed by atoms with van der Waals surface area (Å²) in [7, 11) is 0. The van der Waals surface area contributed by atoms with E-state index in [0.29, 0.717) is 22.4 Å². The molecule has 1 aromatic carbocycles. The van der Waals surface area contributed by atoms with Crippen LogP contribution in [0.2, 0.25) is 5.02 Å². The lowest BCUT2D eigenvalue weighted by Gasteiger charge is -2.25. The molecule has 1 aliphatic carbocycles. The fraction of sp³-hybridized carbons (Fsp3) is 0.462. The van der Waals surface area contributed by atoms with Gasteiger partial charge in [-0.2, -0.15) is 0 Å². The highest BCUT2D eigenvalue weighted by Gasteiger charge is 2.19. The number of benzene rings is 1. The number of carboxylic acid groups (broad SMARTS) is 1. The number of rotatable bonds is 3. The summed E-state index contributed by atoms with van der Waals surface area (Å²) < 4.78 is 0. The van der Waals surface area contributed by atoms with Crippen molar-refractivity contribution in [2.75, 3.05) is 11.1 Å². The zero-order chi connectivity index (χ0) is 13.1. The van der Waals surface area contributed by atoms with Gasteiger partial charge in [-0.15, -0.1) is 0 Å². The Morgan fingerprint density at radius 3 is 2.61 bits per heavy atom. The summed E-state index contributed by atoms with van der Waals surface area (Å²) in [4.78, 5) is 11.2. The topological polar surface area (TPSA) is 75.3 Å². The summed E-state index contributed by atoms with van der Waals surface area (Å²) in [5.74, 6) is -1.01. The van der Waals surface area contributed by atoms with Gasteiger partial charge in [0.25, 0.3) is 0 Å². The van der Waals surface area contributed by atoms with E-state index in [1.165, 1.54) is 25.3 Å². The van der Waals surface area contributed by atoms with Crippen LogP contribution in [0.1, 0.15) is 42.5 Å². The highest BCUT2D eigenvalue weighted by Crippen LogP contribution is 2.32. The summed E-state index contributed by atoms with van der Waals surface area (Å²) in [5.41, 5.74) is 6.63. The maximum atomic E-state index is 11.2. The first-order valence-corrected chi connectivity index (χ1v) is 6.54. The maximum absolute atomic E-state index is 11.2. The lowest BCUT2D eigenvalue weighted by Crippen LogP contribution is -2.23. The number of carbonyl (C=O) groups is 1. The third-order valence-electron chi connectivity index (χ3n) is 3.30. The first-order chi connectivity index (χ1) is 8.58. The van der Waals surface area contributed by atoms with Crippen LogP contribution in [0.4, 0.5) is 11.4 Å². The molecule has 4 N–H and O–H groups in total. The third kappa shape index (κ3) is 2.88. The van der Waals surface area contributed by atoms with Crippen LogP contribution in [0.5, 0.6) is 0 Å². The number of nitrogens with one attached hydrogen (secondary N) is 1. The van der Waals surface area contributed by atoms with Crippen molar-refractivity contribution in [2.45, 2.75) is 38.1 Å². The summed E-state index contributed by atoms with van der Waals surface area (Å²) in [6, 6.07) is 3.33. The monoisotopic (exact) mass is 268 g/mol. The Bertz CT molecular complexity index is 457. The zero-order valence-electron chi connectivity index (χ0n) is 10.1. The van der Waals surface area contributed by atoms with Gasteiger partial charge in [-0.05, 0) is 25.0 Å². The van der Waals surface area contributed by atoms with Gasteiger partial charge in [-0.1, -0.05) is 30.9 Å². The fourth-order valence-corrected chi connectivity index (χ4v) is 2.68. The van der Waals surface area contributed by atoms with Crippen molar-refractivity contribution < 1.29 is 9.90 Å². The number of nitrogen functional groups attached to an aromatic ring is 1. The van der Waals surface area contributed by atoms with Crippen LogP contribution in [-0.4, -0.2) is 17.1 Å².